The third-order valence-electron chi connectivity index (χ3n) is 3.23. The molecule has 1 aromatic carbocycles. The summed E-state index contributed by atoms with van der Waals surface area (Å²) in [6, 6.07) is 2.94. The Balaban J connectivity index is 2.13. The summed E-state index contributed by atoms with van der Waals surface area (Å²) in [6.45, 7) is -3.12. The smallest absolute Gasteiger partial charge is 0.387 e. The number of aliphatic hydroxyl groups is 1. The molecule has 0 aliphatic heterocycles. The standard InChI is InChI=1S/C13H14F3NO3/c14-7-4-5-9(11(6-7)20-13(15)16)17-12(19)8-2-1-3-10(8)18/h4-6,8,10,13,18H,1-3H2,(H,17,19). The fourth-order valence-corrected chi connectivity index (χ4v) is 2.26. The Morgan fingerprint density at radius 3 is 2.75 bits per heavy atom. The van der Waals surface area contributed by atoms with Gasteiger partial charge in [0.1, 0.15) is 5.82 Å². The number of hydrogen-bond acceptors (Lipinski definition) is 3. The topological polar surface area (TPSA) is 58.6 Å². The number of aliphatic hydroxyl groups excluding tert-OH is 1. The molecule has 0 heterocycles. The molecule has 7 heteroatoms. The molecule has 0 radical (unpaired) electrons. The second-order valence-corrected chi connectivity index (χ2v) is 4.61. The Labute approximate surface area is 113 Å². The van der Waals surface area contributed by atoms with E-state index in [-0.39, 0.29) is 5.69 Å². The first-order chi connectivity index (χ1) is 9.47. The first-order valence-corrected chi connectivity index (χ1v) is 6.20. The minimum atomic E-state index is -3.12. The fraction of sp³-hybridized carbons (Fsp3) is 0.462. The third kappa shape index (κ3) is 3.41. The Kier molecular flexibility index (Phi) is 4.49. The Morgan fingerprint density at radius 1 is 1.40 bits per heavy atom. The van der Waals surface area contributed by atoms with Crippen molar-refractivity contribution in [2.24, 2.45) is 5.92 Å². The molecule has 2 unspecified atom stereocenters. The van der Waals surface area contributed by atoms with Gasteiger partial charge in [-0.15, -0.1) is 0 Å². The van der Waals surface area contributed by atoms with Crippen molar-refractivity contribution in [2.45, 2.75) is 32.0 Å². The molecule has 0 spiro atoms. The van der Waals surface area contributed by atoms with Gasteiger partial charge in [0.2, 0.25) is 5.91 Å². The van der Waals surface area contributed by atoms with Crippen LogP contribution >= 0.6 is 0 Å². The highest BCUT2D eigenvalue weighted by atomic mass is 19.3. The molecule has 1 amide bonds. The van der Waals surface area contributed by atoms with Gasteiger partial charge in [0.05, 0.1) is 17.7 Å². The van der Waals surface area contributed by atoms with Crippen molar-refractivity contribution >= 4 is 11.6 Å². The van der Waals surface area contributed by atoms with Crippen molar-refractivity contribution in [1.82, 2.24) is 0 Å². The molecule has 0 saturated heterocycles. The summed E-state index contributed by atoms with van der Waals surface area (Å²) in [6.07, 6.45) is 1.04. The maximum Gasteiger partial charge on any atom is 0.387 e. The summed E-state index contributed by atoms with van der Waals surface area (Å²) in [7, 11) is 0. The molecule has 4 nitrogen and oxygen atoms in total. The molecule has 1 fully saturated rings. The lowest BCUT2D eigenvalue weighted by atomic mass is 10.1. The second-order valence-electron chi connectivity index (χ2n) is 4.61. The highest BCUT2D eigenvalue weighted by Gasteiger charge is 2.31. The largest absolute Gasteiger partial charge is 0.432 e. The maximum absolute atomic E-state index is 13.0. The van der Waals surface area contributed by atoms with E-state index in [4.69, 9.17) is 0 Å². The van der Waals surface area contributed by atoms with E-state index in [1.807, 2.05) is 0 Å². The van der Waals surface area contributed by atoms with Crippen molar-refractivity contribution in [1.29, 1.82) is 0 Å². The van der Waals surface area contributed by atoms with Crippen LogP contribution in [0.2, 0.25) is 0 Å². The average Bonchev–Trinajstić information content (AvgIpc) is 2.78. The van der Waals surface area contributed by atoms with Crippen molar-refractivity contribution in [3.05, 3.63) is 24.0 Å². The molecule has 2 N–H and O–H groups in total. The number of halogens is 3. The average molecular weight is 289 g/mol. The molecule has 1 aromatic rings. The minimum absolute atomic E-state index is 0.0456. The van der Waals surface area contributed by atoms with Gasteiger partial charge < -0.3 is 15.2 Å². The summed E-state index contributed by atoms with van der Waals surface area (Å²) in [5, 5.41) is 12.0. The number of anilines is 1. The summed E-state index contributed by atoms with van der Waals surface area (Å²) >= 11 is 0. The van der Waals surface area contributed by atoms with E-state index in [2.05, 4.69) is 10.1 Å². The minimum Gasteiger partial charge on any atom is -0.432 e. The van der Waals surface area contributed by atoms with Crippen LogP contribution in [0.3, 0.4) is 0 Å². The predicted octanol–water partition coefficient (Wildman–Crippen LogP) is 2.53. The zero-order chi connectivity index (χ0) is 14.7. The maximum atomic E-state index is 13.0. The van der Waals surface area contributed by atoms with Crippen LogP contribution in [-0.4, -0.2) is 23.7 Å². The Bertz CT molecular complexity index is 496. The second kappa shape index (κ2) is 6.13. The van der Waals surface area contributed by atoms with Crippen LogP contribution in [0.1, 0.15) is 19.3 Å². The number of ether oxygens (including phenoxy) is 1. The highest BCUT2D eigenvalue weighted by molar-refractivity contribution is 5.94. The van der Waals surface area contributed by atoms with Crippen LogP contribution < -0.4 is 10.1 Å². The number of hydrogen-bond donors (Lipinski definition) is 2. The molecule has 1 aliphatic carbocycles. The van der Waals surface area contributed by atoms with Gasteiger partial charge in [-0.1, -0.05) is 0 Å². The molecular weight excluding hydrogens is 275 g/mol. The van der Waals surface area contributed by atoms with E-state index in [0.717, 1.165) is 24.6 Å². The number of alkyl halides is 2. The van der Waals surface area contributed by atoms with Gasteiger partial charge in [0, 0.05) is 6.07 Å². The SMILES string of the molecule is O=C(Nc1ccc(F)cc1OC(F)F)C1CCCC1O. The molecule has 1 aliphatic rings. The van der Waals surface area contributed by atoms with E-state index in [9.17, 15) is 23.1 Å². The summed E-state index contributed by atoms with van der Waals surface area (Å²) in [5.74, 6) is -2.26. The van der Waals surface area contributed by atoms with E-state index in [1.54, 1.807) is 0 Å². The van der Waals surface area contributed by atoms with E-state index in [1.165, 1.54) is 0 Å². The molecule has 2 atom stereocenters. The quantitative estimate of drug-likeness (QED) is 0.895. The Hall–Kier alpha value is -1.76. The first kappa shape index (κ1) is 14.6. The number of carbonyl (C=O) groups excluding carboxylic acids is 1. The van der Waals surface area contributed by atoms with Crippen LogP contribution in [0.15, 0.2) is 18.2 Å². The monoisotopic (exact) mass is 289 g/mol. The van der Waals surface area contributed by atoms with Crippen LogP contribution in [-0.2, 0) is 4.79 Å². The van der Waals surface area contributed by atoms with E-state index >= 15 is 0 Å². The molecule has 2 rings (SSSR count). The lowest BCUT2D eigenvalue weighted by Gasteiger charge is -2.16. The van der Waals surface area contributed by atoms with Crippen LogP contribution in [0.25, 0.3) is 0 Å². The van der Waals surface area contributed by atoms with Gasteiger partial charge in [-0.05, 0) is 31.4 Å². The number of nitrogens with one attached hydrogen (secondary N) is 1. The van der Waals surface area contributed by atoms with Gasteiger partial charge in [0.15, 0.2) is 5.75 Å². The van der Waals surface area contributed by atoms with Crippen molar-refractivity contribution in [2.75, 3.05) is 5.32 Å². The molecule has 1 saturated carbocycles. The highest BCUT2D eigenvalue weighted by Crippen LogP contribution is 2.30. The fourth-order valence-electron chi connectivity index (χ4n) is 2.26. The van der Waals surface area contributed by atoms with Gasteiger partial charge in [-0.2, -0.15) is 8.78 Å². The number of rotatable bonds is 4. The lowest BCUT2D eigenvalue weighted by molar-refractivity contribution is -0.122. The molecule has 0 bridgehead atoms. The summed E-state index contributed by atoms with van der Waals surface area (Å²) in [4.78, 5) is 11.9. The van der Waals surface area contributed by atoms with Crippen LogP contribution in [0.5, 0.6) is 5.75 Å². The van der Waals surface area contributed by atoms with Crippen molar-refractivity contribution < 1.29 is 27.8 Å². The number of carbonyl (C=O) groups is 1. The van der Waals surface area contributed by atoms with Gasteiger partial charge in [0.25, 0.3) is 0 Å². The van der Waals surface area contributed by atoms with E-state index in [0.29, 0.717) is 12.8 Å². The lowest BCUT2D eigenvalue weighted by Crippen LogP contribution is -2.28. The number of benzene rings is 1. The molecule has 0 aromatic heterocycles. The van der Waals surface area contributed by atoms with Crippen molar-refractivity contribution in [3.8, 4) is 5.75 Å². The zero-order valence-corrected chi connectivity index (χ0v) is 10.5. The molecule has 20 heavy (non-hydrogen) atoms. The summed E-state index contributed by atoms with van der Waals surface area (Å²) in [5.41, 5.74) is -0.0456. The third-order valence-corrected chi connectivity index (χ3v) is 3.23. The van der Waals surface area contributed by atoms with Crippen LogP contribution in [0, 0.1) is 11.7 Å². The van der Waals surface area contributed by atoms with Crippen molar-refractivity contribution in [3.63, 3.8) is 0 Å². The van der Waals surface area contributed by atoms with Gasteiger partial charge in [-0.25, -0.2) is 4.39 Å². The van der Waals surface area contributed by atoms with E-state index < -0.39 is 36.1 Å². The Morgan fingerprint density at radius 2 is 2.15 bits per heavy atom. The van der Waals surface area contributed by atoms with Crippen LogP contribution in [0.4, 0.5) is 18.9 Å². The first-order valence-electron chi connectivity index (χ1n) is 6.20. The van der Waals surface area contributed by atoms with Gasteiger partial charge >= 0.3 is 6.61 Å². The molecule has 110 valence electrons. The summed E-state index contributed by atoms with van der Waals surface area (Å²) < 4.78 is 41.7. The number of amides is 1. The zero-order valence-electron chi connectivity index (χ0n) is 10.5. The van der Waals surface area contributed by atoms with Gasteiger partial charge in [-0.3, -0.25) is 4.79 Å². The predicted molar refractivity (Wildman–Crippen MR) is 65.0 cm³/mol. The molecular formula is C13H14F3NO3. The normalized spacial score (nSPS) is 22.1.